The van der Waals surface area contributed by atoms with E-state index in [-0.39, 0.29) is 5.50 Å². The van der Waals surface area contributed by atoms with Gasteiger partial charge in [-0.15, -0.1) is 0 Å². The molecule has 1 heterocycles. The average Bonchev–Trinajstić information content (AvgIpc) is 2.65. The normalized spacial score (nSPS) is 26.8. The van der Waals surface area contributed by atoms with Gasteiger partial charge in [0, 0.05) is 25.2 Å². The summed E-state index contributed by atoms with van der Waals surface area (Å²) in [6.07, 6.45) is 3.63. The molecule has 1 unspecified atom stereocenters. The summed E-state index contributed by atoms with van der Waals surface area (Å²) in [6, 6.07) is 0. The zero-order valence-electron chi connectivity index (χ0n) is 9.39. The van der Waals surface area contributed by atoms with Crippen molar-refractivity contribution in [3.8, 4) is 0 Å². The minimum absolute atomic E-state index is 0.264. The summed E-state index contributed by atoms with van der Waals surface area (Å²) < 4.78 is 16.0. The number of fused-ring (bicyclic) bond motifs is 1. The fourth-order valence-corrected chi connectivity index (χ4v) is 2.59. The number of methoxy groups -OCH3 is 3. The van der Waals surface area contributed by atoms with Crippen LogP contribution in [0.3, 0.4) is 0 Å². The number of aliphatic imine (C=N–C) groups is 1. The molecule has 88 valence electrons. The van der Waals surface area contributed by atoms with Crippen LogP contribution in [0.2, 0.25) is 0 Å². The van der Waals surface area contributed by atoms with Gasteiger partial charge < -0.3 is 19.9 Å². The van der Waals surface area contributed by atoms with Crippen molar-refractivity contribution in [3.63, 3.8) is 0 Å². The first-order valence-corrected chi connectivity index (χ1v) is 5.63. The number of allylic oxidation sites excluding steroid dienone is 2. The van der Waals surface area contributed by atoms with E-state index in [0.717, 1.165) is 10.6 Å². The minimum Gasteiger partial charge on any atom is -0.495 e. The van der Waals surface area contributed by atoms with Gasteiger partial charge >= 0.3 is 0 Å². The number of ether oxygens (including phenoxy) is 3. The smallest absolute Gasteiger partial charge is 0.249 e. The fraction of sp³-hybridized carbons (Fsp3) is 0.500. The summed E-state index contributed by atoms with van der Waals surface area (Å²) in [5, 5.41) is 0. The second-order valence-corrected chi connectivity index (χ2v) is 4.48. The van der Waals surface area contributed by atoms with Gasteiger partial charge in [-0.3, -0.25) is 4.99 Å². The molecule has 1 atom stereocenters. The van der Waals surface area contributed by atoms with E-state index in [9.17, 15) is 0 Å². The Hall–Kier alpha value is -0.820. The highest BCUT2D eigenvalue weighted by Crippen LogP contribution is 2.39. The molecule has 0 aromatic carbocycles. The molecule has 1 aliphatic heterocycles. The molecule has 0 radical (unpaired) electrons. The van der Waals surface area contributed by atoms with Crippen molar-refractivity contribution in [1.82, 2.24) is 0 Å². The summed E-state index contributed by atoms with van der Waals surface area (Å²) in [5.41, 5.74) is 6.29. The molecule has 5 nitrogen and oxygen atoms in total. The van der Waals surface area contributed by atoms with Crippen molar-refractivity contribution >= 4 is 17.5 Å². The molecule has 2 N–H and O–H groups in total. The van der Waals surface area contributed by atoms with Crippen LogP contribution >= 0.6 is 11.8 Å². The van der Waals surface area contributed by atoms with Gasteiger partial charge in [0.2, 0.25) is 5.79 Å². The lowest BCUT2D eigenvalue weighted by atomic mass is 10.1. The SMILES string of the molecule is COC1=CC2=NC(N)SC2=CC1(OC)OC. The third kappa shape index (κ3) is 1.67. The first-order chi connectivity index (χ1) is 7.65. The molecule has 16 heavy (non-hydrogen) atoms. The van der Waals surface area contributed by atoms with Gasteiger partial charge in [0.1, 0.15) is 5.50 Å². The van der Waals surface area contributed by atoms with E-state index in [2.05, 4.69) is 4.99 Å². The second kappa shape index (κ2) is 4.21. The van der Waals surface area contributed by atoms with E-state index >= 15 is 0 Å². The zero-order valence-corrected chi connectivity index (χ0v) is 10.2. The molecular weight excluding hydrogens is 228 g/mol. The number of thioether (sulfide) groups is 1. The number of rotatable bonds is 3. The Morgan fingerprint density at radius 3 is 2.62 bits per heavy atom. The number of nitrogens with two attached hydrogens (primary N) is 1. The van der Waals surface area contributed by atoms with E-state index in [0.29, 0.717) is 5.76 Å². The summed E-state index contributed by atoms with van der Waals surface area (Å²) >= 11 is 1.47. The van der Waals surface area contributed by atoms with Gasteiger partial charge in [-0.05, 0) is 6.08 Å². The van der Waals surface area contributed by atoms with E-state index in [1.165, 1.54) is 11.8 Å². The van der Waals surface area contributed by atoms with Gasteiger partial charge in [-0.2, -0.15) is 0 Å². The fourth-order valence-electron chi connectivity index (χ4n) is 1.71. The monoisotopic (exact) mass is 242 g/mol. The zero-order chi connectivity index (χ0) is 11.8. The first kappa shape index (κ1) is 11.7. The maximum absolute atomic E-state index is 5.74. The maximum atomic E-state index is 5.74. The van der Waals surface area contributed by atoms with Crippen LogP contribution < -0.4 is 5.73 Å². The highest BCUT2D eigenvalue weighted by Gasteiger charge is 2.40. The standard InChI is InChI=1S/C10H14N2O3S/c1-13-8-4-6-7(16-9(11)12-6)5-10(8,14-2)15-3/h4-5,9H,11H2,1-3H3. The van der Waals surface area contributed by atoms with Crippen molar-refractivity contribution in [1.29, 1.82) is 0 Å². The first-order valence-electron chi connectivity index (χ1n) is 4.75. The third-order valence-corrected chi connectivity index (χ3v) is 3.45. The topological polar surface area (TPSA) is 66.1 Å². The quantitative estimate of drug-likeness (QED) is 0.743. The predicted octanol–water partition coefficient (Wildman–Crippen LogP) is 0.833. The largest absolute Gasteiger partial charge is 0.495 e. The van der Waals surface area contributed by atoms with Crippen LogP contribution in [-0.2, 0) is 14.2 Å². The molecule has 2 aliphatic rings. The molecule has 6 heteroatoms. The maximum Gasteiger partial charge on any atom is 0.249 e. The van der Waals surface area contributed by atoms with E-state index in [1.807, 2.05) is 6.08 Å². The molecule has 0 fully saturated rings. The summed E-state index contributed by atoms with van der Waals surface area (Å²) in [4.78, 5) is 5.22. The van der Waals surface area contributed by atoms with Crippen LogP contribution in [0.4, 0.5) is 0 Å². The van der Waals surface area contributed by atoms with Gasteiger partial charge in [-0.1, -0.05) is 11.8 Å². The van der Waals surface area contributed by atoms with E-state index in [1.54, 1.807) is 27.4 Å². The molecule has 0 saturated heterocycles. The molecule has 2 rings (SSSR count). The van der Waals surface area contributed by atoms with Crippen molar-refractivity contribution < 1.29 is 14.2 Å². The van der Waals surface area contributed by atoms with Crippen molar-refractivity contribution in [2.24, 2.45) is 10.7 Å². The number of nitrogens with zero attached hydrogens (tertiary/aromatic N) is 1. The van der Waals surface area contributed by atoms with Crippen LogP contribution in [0.15, 0.2) is 27.8 Å². The highest BCUT2D eigenvalue weighted by atomic mass is 32.2. The molecule has 0 spiro atoms. The minimum atomic E-state index is -0.972. The van der Waals surface area contributed by atoms with Crippen LogP contribution in [0.5, 0.6) is 0 Å². The summed E-state index contributed by atoms with van der Waals surface area (Å²) in [7, 11) is 4.70. The molecule has 1 aliphatic carbocycles. The Balaban J connectivity index is 2.44. The number of hydrogen-bond acceptors (Lipinski definition) is 6. The molecule has 0 amide bonds. The molecule has 0 bridgehead atoms. The van der Waals surface area contributed by atoms with Crippen LogP contribution in [-0.4, -0.2) is 38.3 Å². The molecular formula is C10H14N2O3S. The number of hydrogen-bond donors (Lipinski definition) is 1. The Morgan fingerprint density at radius 2 is 2.06 bits per heavy atom. The molecule has 0 saturated carbocycles. The second-order valence-electron chi connectivity index (χ2n) is 3.32. The summed E-state index contributed by atoms with van der Waals surface area (Å²) in [5.74, 6) is -0.408. The summed E-state index contributed by atoms with van der Waals surface area (Å²) in [6.45, 7) is 0. The van der Waals surface area contributed by atoms with Crippen molar-refractivity contribution in [2.45, 2.75) is 11.3 Å². The van der Waals surface area contributed by atoms with E-state index in [4.69, 9.17) is 19.9 Å². The predicted molar refractivity (Wildman–Crippen MR) is 62.9 cm³/mol. The van der Waals surface area contributed by atoms with Crippen molar-refractivity contribution in [2.75, 3.05) is 21.3 Å². The molecule has 0 aromatic rings. The van der Waals surface area contributed by atoms with Gasteiger partial charge in [0.25, 0.3) is 0 Å². The Kier molecular flexibility index (Phi) is 3.07. The Labute approximate surface area is 98.3 Å². The van der Waals surface area contributed by atoms with Crippen LogP contribution in [0.1, 0.15) is 0 Å². The highest BCUT2D eigenvalue weighted by molar-refractivity contribution is 8.05. The molecule has 0 aromatic heterocycles. The van der Waals surface area contributed by atoms with Gasteiger partial charge in [-0.25, -0.2) is 0 Å². The lowest BCUT2D eigenvalue weighted by Crippen LogP contribution is -2.37. The lowest BCUT2D eigenvalue weighted by Gasteiger charge is -2.31. The van der Waals surface area contributed by atoms with Crippen LogP contribution in [0, 0.1) is 0 Å². The van der Waals surface area contributed by atoms with Crippen molar-refractivity contribution in [3.05, 3.63) is 22.8 Å². The average molecular weight is 242 g/mol. The third-order valence-electron chi connectivity index (χ3n) is 2.53. The van der Waals surface area contributed by atoms with Gasteiger partial charge in [0.05, 0.1) is 12.8 Å². The Bertz CT molecular complexity index is 386. The Morgan fingerprint density at radius 1 is 1.38 bits per heavy atom. The van der Waals surface area contributed by atoms with Gasteiger partial charge in [0.15, 0.2) is 5.76 Å². The lowest BCUT2D eigenvalue weighted by molar-refractivity contribution is -0.165. The van der Waals surface area contributed by atoms with Crippen LogP contribution in [0.25, 0.3) is 0 Å². The van der Waals surface area contributed by atoms with E-state index < -0.39 is 5.79 Å².